The number of rotatable bonds is 0. The Morgan fingerprint density at radius 3 is 1.80 bits per heavy atom. The summed E-state index contributed by atoms with van der Waals surface area (Å²) in [4.78, 5) is 2.66. The van der Waals surface area contributed by atoms with Crippen LogP contribution in [0.15, 0.2) is 58.3 Å². The molecule has 0 unspecified atom stereocenters. The summed E-state index contributed by atoms with van der Waals surface area (Å²) in [5, 5.41) is 0.221. The number of fused-ring (bicyclic) bond motifs is 2. The van der Waals surface area contributed by atoms with E-state index in [1.54, 1.807) is 0 Å². The van der Waals surface area contributed by atoms with Crippen molar-refractivity contribution in [1.29, 1.82) is 0 Å². The highest BCUT2D eigenvalue weighted by Gasteiger charge is 2.22. The molecule has 2 aromatic carbocycles. The summed E-state index contributed by atoms with van der Waals surface area (Å²) < 4.78 is 0. The van der Waals surface area contributed by atoms with Gasteiger partial charge in [-0.3, -0.25) is 0 Å². The zero-order valence-corrected chi connectivity index (χ0v) is 9.76. The highest BCUT2D eigenvalue weighted by molar-refractivity contribution is 7.99. The van der Waals surface area contributed by atoms with Gasteiger partial charge in [0.2, 0.25) is 0 Å². The van der Waals surface area contributed by atoms with Gasteiger partial charge in [0, 0.05) is 9.79 Å². The molecule has 1 heterocycles. The third-order valence-electron chi connectivity index (χ3n) is 2.65. The summed E-state index contributed by atoms with van der Waals surface area (Å²) in [7, 11) is 0. The predicted molar refractivity (Wildman–Crippen MR) is 67.8 cm³/mol. The van der Waals surface area contributed by atoms with Crippen molar-refractivity contribution in [2.75, 3.05) is 0 Å². The Morgan fingerprint density at radius 2 is 1.27 bits per heavy atom. The van der Waals surface area contributed by atoms with E-state index in [0.29, 0.717) is 0 Å². The lowest BCUT2D eigenvalue weighted by atomic mass is 10.0. The maximum atomic E-state index is 4.71. The lowest BCUT2D eigenvalue weighted by Crippen LogP contribution is -2.02. The Morgan fingerprint density at radius 1 is 0.800 bits per heavy atom. The Hall–Kier alpha value is -0.860. The van der Waals surface area contributed by atoms with Crippen LogP contribution in [0.3, 0.4) is 0 Å². The third-order valence-corrected chi connectivity index (χ3v) is 4.39. The first-order valence-corrected chi connectivity index (χ1v) is 6.23. The minimum absolute atomic E-state index is 0.221. The smallest absolute Gasteiger partial charge is 0.0538 e. The molecule has 0 aromatic heterocycles. The fraction of sp³-hybridized carbons (Fsp3) is 0.0769. The normalized spacial score (nSPS) is 14.5. The van der Waals surface area contributed by atoms with Crippen LogP contribution in [-0.2, 0) is 0 Å². The molecule has 0 atom stereocenters. The Balaban J connectivity index is 2.20. The molecular weight excluding hydrogens is 220 g/mol. The van der Waals surface area contributed by atoms with Crippen LogP contribution in [0, 0.1) is 0 Å². The molecule has 2 heteroatoms. The van der Waals surface area contributed by atoms with E-state index < -0.39 is 0 Å². The van der Waals surface area contributed by atoms with E-state index in [-0.39, 0.29) is 5.25 Å². The molecule has 0 aliphatic carbocycles. The zero-order valence-electron chi connectivity index (χ0n) is 8.05. The van der Waals surface area contributed by atoms with Crippen LogP contribution in [0.4, 0.5) is 0 Å². The van der Waals surface area contributed by atoms with E-state index in [1.165, 1.54) is 20.9 Å². The van der Waals surface area contributed by atoms with Crippen LogP contribution in [0.25, 0.3) is 0 Å². The molecule has 15 heavy (non-hydrogen) atoms. The predicted octanol–water partition coefficient (Wildman–Crippen LogP) is 4.17. The van der Waals surface area contributed by atoms with Gasteiger partial charge in [-0.2, -0.15) is 12.6 Å². The lowest BCUT2D eigenvalue weighted by Gasteiger charge is -2.23. The molecular formula is C13H10S2. The van der Waals surface area contributed by atoms with Crippen LogP contribution >= 0.6 is 24.4 Å². The van der Waals surface area contributed by atoms with E-state index in [0.717, 1.165) is 0 Å². The van der Waals surface area contributed by atoms with Crippen molar-refractivity contribution < 1.29 is 0 Å². The van der Waals surface area contributed by atoms with E-state index in [9.17, 15) is 0 Å². The monoisotopic (exact) mass is 230 g/mol. The van der Waals surface area contributed by atoms with Gasteiger partial charge in [0.15, 0.2) is 0 Å². The average molecular weight is 230 g/mol. The Kier molecular flexibility index (Phi) is 2.26. The molecule has 74 valence electrons. The van der Waals surface area contributed by atoms with Gasteiger partial charge in [0.25, 0.3) is 0 Å². The van der Waals surface area contributed by atoms with Gasteiger partial charge >= 0.3 is 0 Å². The first-order chi connectivity index (χ1) is 7.36. The van der Waals surface area contributed by atoms with Crippen molar-refractivity contribution in [1.82, 2.24) is 0 Å². The van der Waals surface area contributed by atoms with E-state index in [4.69, 9.17) is 12.6 Å². The van der Waals surface area contributed by atoms with E-state index >= 15 is 0 Å². The minimum atomic E-state index is 0.221. The summed E-state index contributed by atoms with van der Waals surface area (Å²) in [6, 6.07) is 17.0. The quantitative estimate of drug-likeness (QED) is 0.663. The molecule has 0 bridgehead atoms. The van der Waals surface area contributed by atoms with Gasteiger partial charge in [-0.25, -0.2) is 0 Å². The van der Waals surface area contributed by atoms with Crippen molar-refractivity contribution in [3.63, 3.8) is 0 Å². The standard InChI is InChI=1S/C13H10S2/c14-13-9-5-1-3-7-11(9)15-12-8-4-2-6-10(12)13/h1-8,13-14H. The molecule has 3 rings (SSSR count). The Labute approximate surface area is 99.1 Å². The third kappa shape index (κ3) is 1.48. The van der Waals surface area contributed by atoms with Gasteiger partial charge in [-0.15, -0.1) is 0 Å². The molecule has 0 radical (unpaired) electrons. The molecule has 0 spiro atoms. The van der Waals surface area contributed by atoms with Gasteiger partial charge in [-0.1, -0.05) is 48.2 Å². The molecule has 0 N–H and O–H groups in total. The summed E-state index contributed by atoms with van der Waals surface area (Å²) in [5.74, 6) is 0. The van der Waals surface area contributed by atoms with Crippen LogP contribution < -0.4 is 0 Å². The molecule has 0 nitrogen and oxygen atoms in total. The number of thiol groups is 1. The summed E-state index contributed by atoms with van der Waals surface area (Å²) in [6.45, 7) is 0. The summed E-state index contributed by atoms with van der Waals surface area (Å²) >= 11 is 6.54. The van der Waals surface area contributed by atoms with Crippen molar-refractivity contribution >= 4 is 24.4 Å². The van der Waals surface area contributed by atoms with E-state index in [2.05, 4.69) is 48.5 Å². The fourth-order valence-electron chi connectivity index (χ4n) is 1.88. The number of hydrogen-bond donors (Lipinski definition) is 1. The van der Waals surface area contributed by atoms with E-state index in [1.807, 2.05) is 11.8 Å². The Bertz CT molecular complexity index is 460. The van der Waals surface area contributed by atoms with Crippen molar-refractivity contribution in [2.45, 2.75) is 15.0 Å². The lowest BCUT2D eigenvalue weighted by molar-refractivity contribution is 1.04. The van der Waals surface area contributed by atoms with Gasteiger partial charge < -0.3 is 0 Å². The second-order valence-corrected chi connectivity index (χ2v) is 5.18. The first-order valence-electron chi connectivity index (χ1n) is 4.90. The maximum absolute atomic E-state index is 4.71. The van der Waals surface area contributed by atoms with Crippen molar-refractivity contribution in [2.24, 2.45) is 0 Å². The molecule has 0 saturated carbocycles. The molecule has 1 aliphatic rings. The van der Waals surface area contributed by atoms with Gasteiger partial charge in [0.05, 0.1) is 5.25 Å². The SMILES string of the molecule is SC1c2ccccc2Sc2ccccc21. The van der Waals surface area contributed by atoms with Crippen molar-refractivity contribution in [3.05, 3.63) is 59.7 Å². The molecule has 0 saturated heterocycles. The number of benzene rings is 2. The second kappa shape index (κ2) is 3.62. The topological polar surface area (TPSA) is 0 Å². The minimum Gasteiger partial charge on any atom is -0.166 e. The molecule has 1 aliphatic heterocycles. The molecule has 2 aromatic rings. The largest absolute Gasteiger partial charge is 0.166 e. The summed E-state index contributed by atoms with van der Waals surface area (Å²) in [5.41, 5.74) is 2.65. The maximum Gasteiger partial charge on any atom is 0.0538 e. The highest BCUT2D eigenvalue weighted by Crippen LogP contribution is 2.46. The van der Waals surface area contributed by atoms with Crippen LogP contribution in [0.1, 0.15) is 16.4 Å². The first kappa shape index (κ1) is 9.37. The van der Waals surface area contributed by atoms with Crippen LogP contribution in [-0.4, -0.2) is 0 Å². The average Bonchev–Trinajstić information content (AvgIpc) is 2.30. The zero-order chi connectivity index (χ0) is 10.3. The summed E-state index contributed by atoms with van der Waals surface area (Å²) in [6.07, 6.45) is 0. The van der Waals surface area contributed by atoms with Crippen LogP contribution in [0.2, 0.25) is 0 Å². The number of hydrogen-bond acceptors (Lipinski definition) is 2. The van der Waals surface area contributed by atoms with Gasteiger partial charge in [0.1, 0.15) is 0 Å². The van der Waals surface area contributed by atoms with Crippen LogP contribution in [0.5, 0.6) is 0 Å². The molecule has 0 amide bonds. The fourth-order valence-corrected chi connectivity index (χ4v) is 3.65. The molecule has 0 fully saturated rings. The highest BCUT2D eigenvalue weighted by atomic mass is 32.2. The van der Waals surface area contributed by atoms with Crippen molar-refractivity contribution in [3.8, 4) is 0 Å². The van der Waals surface area contributed by atoms with Gasteiger partial charge in [-0.05, 0) is 23.3 Å². The second-order valence-electron chi connectivity index (χ2n) is 3.58.